The second kappa shape index (κ2) is 13.0. The van der Waals surface area contributed by atoms with E-state index in [1.807, 2.05) is 44.2 Å². The highest BCUT2D eigenvalue weighted by Crippen LogP contribution is 2.32. The molecule has 2 aromatic heterocycles. The molecule has 0 saturated carbocycles. The Balaban J connectivity index is 1.18. The number of benzene rings is 1. The zero-order chi connectivity index (χ0) is 33.4. The van der Waals surface area contributed by atoms with Gasteiger partial charge in [-0.2, -0.15) is 0 Å². The Kier molecular flexibility index (Phi) is 9.19. The maximum absolute atomic E-state index is 13.9. The van der Waals surface area contributed by atoms with Crippen LogP contribution < -0.4 is 14.9 Å². The number of hydrogen-bond donors (Lipinski definition) is 3. The number of pyridine rings is 1. The number of β-amino-alcohol motifs (C(OH)–C–C–N with tert-alkyl or cyclic N) is 1. The quantitative estimate of drug-likeness (QED) is 0.290. The van der Waals surface area contributed by atoms with E-state index in [9.17, 15) is 23.1 Å². The number of sulfonamides is 1. The van der Waals surface area contributed by atoms with E-state index in [1.54, 1.807) is 19.2 Å². The fourth-order valence-corrected chi connectivity index (χ4v) is 7.78. The summed E-state index contributed by atoms with van der Waals surface area (Å²) in [5.41, 5.74) is 0.123. The van der Waals surface area contributed by atoms with Crippen LogP contribution in [0.2, 0.25) is 0 Å². The van der Waals surface area contributed by atoms with Crippen molar-refractivity contribution in [2.45, 2.75) is 68.5 Å². The number of aromatic nitrogens is 2. The minimum absolute atomic E-state index is 0.00451. The standard InChI is InChI=1S/C32H42N6O8S/c1-22-15-37(16-23(2)46-22)26-13-25(47(42,43)35-31(3)20-44-21-31)17-38-27(26)14-34-28(38)29(39)36-12-10-32(41,19-36)9-11-33-30(40)45-18-24-7-5-4-6-8-24/h4-8,13-14,17,22-23,35,41H,9-12,15-16,18-21H2,1-3H3,(H,33,40)/t22-,23-,32?/m0/s1. The SMILES string of the molecule is C[C@H]1CN(c2cc(S(=O)(=O)NC3(C)COC3)cn3c(C(=O)N4CCC(O)(CCNC(=O)OCc5ccccc5)C4)ncc23)C[C@H](C)O1. The molecule has 3 fully saturated rings. The van der Waals surface area contributed by atoms with Crippen LogP contribution in [-0.4, -0.2) is 109 Å². The third-order valence-corrected chi connectivity index (χ3v) is 10.4. The Bertz CT molecular complexity index is 1720. The molecule has 2 amide bonds. The molecular formula is C32H42N6O8S. The third kappa shape index (κ3) is 7.38. The molecule has 3 aliphatic heterocycles. The summed E-state index contributed by atoms with van der Waals surface area (Å²) < 4.78 is 48.0. The summed E-state index contributed by atoms with van der Waals surface area (Å²) in [6, 6.07) is 10.9. The van der Waals surface area contributed by atoms with Crippen molar-refractivity contribution in [1.82, 2.24) is 24.3 Å². The molecule has 3 atom stereocenters. The van der Waals surface area contributed by atoms with E-state index in [2.05, 4.69) is 19.9 Å². The van der Waals surface area contributed by atoms with Crippen LogP contribution in [0.1, 0.15) is 49.8 Å². The van der Waals surface area contributed by atoms with Crippen molar-refractivity contribution in [2.75, 3.05) is 50.8 Å². The van der Waals surface area contributed by atoms with Crippen molar-refractivity contribution < 1.29 is 37.3 Å². The third-order valence-electron chi connectivity index (χ3n) is 8.77. The molecule has 3 aliphatic rings. The fraction of sp³-hybridized carbons (Fsp3) is 0.531. The largest absolute Gasteiger partial charge is 0.445 e. The molecule has 3 N–H and O–H groups in total. The van der Waals surface area contributed by atoms with Gasteiger partial charge in [-0.25, -0.2) is 22.9 Å². The highest BCUT2D eigenvalue weighted by molar-refractivity contribution is 7.89. The first-order valence-electron chi connectivity index (χ1n) is 15.8. The minimum atomic E-state index is -4.00. The lowest BCUT2D eigenvalue weighted by atomic mass is 9.99. The van der Waals surface area contributed by atoms with Gasteiger partial charge in [0.15, 0.2) is 0 Å². The summed E-state index contributed by atoms with van der Waals surface area (Å²) in [4.78, 5) is 34.1. The number of ether oxygens (including phenoxy) is 3. The van der Waals surface area contributed by atoms with Crippen LogP contribution in [0.3, 0.4) is 0 Å². The number of aliphatic hydroxyl groups is 1. The molecule has 14 nitrogen and oxygen atoms in total. The Morgan fingerprint density at radius 3 is 2.55 bits per heavy atom. The average molecular weight is 671 g/mol. The van der Waals surface area contributed by atoms with Gasteiger partial charge in [-0.1, -0.05) is 30.3 Å². The van der Waals surface area contributed by atoms with E-state index in [-0.39, 0.29) is 68.8 Å². The molecule has 3 saturated heterocycles. The Hall–Kier alpha value is -3.76. The van der Waals surface area contributed by atoms with Crippen LogP contribution in [0.25, 0.3) is 5.52 Å². The van der Waals surface area contributed by atoms with Crippen LogP contribution >= 0.6 is 0 Å². The van der Waals surface area contributed by atoms with Crippen molar-refractivity contribution in [1.29, 1.82) is 0 Å². The van der Waals surface area contributed by atoms with Gasteiger partial charge in [-0.15, -0.1) is 0 Å². The molecule has 6 rings (SSSR count). The van der Waals surface area contributed by atoms with Crippen LogP contribution in [0.5, 0.6) is 0 Å². The molecule has 15 heteroatoms. The molecule has 3 aromatic rings. The first-order valence-corrected chi connectivity index (χ1v) is 17.3. The monoisotopic (exact) mass is 670 g/mol. The molecule has 1 unspecified atom stereocenters. The predicted octanol–water partition coefficient (Wildman–Crippen LogP) is 1.91. The van der Waals surface area contributed by atoms with Gasteiger partial charge in [0.05, 0.1) is 54.0 Å². The fourth-order valence-electron chi connectivity index (χ4n) is 6.38. The number of hydrogen-bond acceptors (Lipinski definition) is 10. The normalized spacial score (nSPS) is 24.3. The Labute approximate surface area is 274 Å². The Morgan fingerprint density at radius 2 is 1.87 bits per heavy atom. The molecule has 5 heterocycles. The lowest BCUT2D eigenvalue weighted by molar-refractivity contribution is -0.0523. The van der Waals surface area contributed by atoms with Crippen LogP contribution in [0.4, 0.5) is 10.5 Å². The number of carbonyl (C=O) groups is 2. The van der Waals surface area contributed by atoms with Crippen molar-refractivity contribution in [3.05, 3.63) is 60.2 Å². The smallest absolute Gasteiger partial charge is 0.407 e. The second-order valence-electron chi connectivity index (χ2n) is 13.2. The molecular weight excluding hydrogens is 628 g/mol. The van der Waals surface area contributed by atoms with Crippen molar-refractivity contribution in [2.24, 2.45) is 0 Å². The van der Waals surface area contributed by atoms with Crippen molar-refractivity contribution >= 4 is 33.2 Å². The topological polar surface area (TPSA) is 164 Å². The van der Waals surface area contributed by atoms with Gasteiger partial charge < -0.3 is 34.4 Å². The van der Waals surface area contributed by atoms with E-state index >= 15 is 0 Å². The van der Waals surface area contributed by atoms with E-state index in [4.69, 9.17) is 14.2 Å². The number of anilines is 1. The highest BCUT2D eigenvalue weighted by Gasteiger charge is 2.41. The van der Waals surface area contributed by atoms with E-state index < -0.39 is 33.2 Å². The Morgan fingerprint density at radius 1 is 1.15 bits per heavy atom. The van der Waals surface area contributed by atoms with E-state index in [0.717, 1.165) is 5.56 Å². The minimum Gasteiger partial charge on any atom is -0.445 e. The zero-order valence-electron chi connectivity index (χ0n) is 26.8. The van der Waals surface area contributed by atoms with Crippen LogP contribution in [0, 0.1) is 0 Å². The summed E-state index contributed by atoms with van der Waals surface area (Å²) in [6.07, 6.45) is 2.75. The maximum atomic E-state index is 13.9. The number of nitrogens with zero attached hydrogens (tertiary/aromatic N) is 4. The van der Waals surface area contributed by atoms with Gasteiger partial charge >= 0.3 is 6.09 Å². The molecule has 0 spiro atoms. The number of fused-ring (bicyclic) bond motifs is 1. The molecule has 0 bridgehead atoms. The maximum Gasteiger partial charge on any atom is 0.407 e. The van der Waals surface area contributed by atoms with E-state index in [1.165, 1.54) is 15.5 Å². The highest BCUT2D eigenvalue weighted by atomic mass is 32.2. The van der Waals surface area contributed by atoms with Crippen LogP contribution in [0.15, 0.2) is 53.7 Å². The van der Waals surface area contributed by atoms with Gasteiger partial charge in [0.1, 0.15) is 11.5 Å². The molecule has 47 heavy (non-hydrogen) atoms. The number of morpholine rings is 1. The lowest BCUT2D eigenvalue weighted by Gasteiger charge is -2.38. The number of nitrogens with one attached hydrogen (secondary N) is 2. The van der Waals surface area contributed by atoms with Gasteiger partial charge in [-0.05, 0) is 45.2 Å². The summed E-state index contributed by atoms with van der Waals surface area (Å²) in [6.45, 7) is 7.89. The van der Waals surface area contributed by atoms with Gasteiger partial charge in [0.2, 0.25) is 15.8 Å². The number of carbonyl (C=O) groups excluding carboxylic acids is 2. The summed E-state index contributed by atoms with van der Waals surface area (Å²) in [5, 5.41) is 13.9. The van der Waals surface area contributed by atoms with Gasteiger partial charge in [0.25, 0.3) is 5.91 Å². The van der Waals surface area contributed by atoms with Crippen LogP contribution in [-0.2, 0) is 30.8 Å². The second-order valence-corrected chi connectivity index (χ2v) is 14.8. The summed E-state index contributed by atoms with van der Waals surface area (Å²) >= 11 is 0. The zero-order valence-corrected chi connectivity index (χ0v) is 27.7. The number of rotatable bonds is 10. The molecule has 254 valence electrons. The van der Waals surface area contributed by atoms with E-state index in [0.29, 0.717) is 30.7 Å². The lowest BCUT2D eigenvalue weighted by Crippen LogP contribution is -2.59. The summed E-state index contributed by atoms with van der Waals surface area (Å²) in [5.74, 6) is -0.398. The van der Waals surface area contributed by atoms with Gasteiger partial charge in [-0.3, -0.25) is 9.20 Å². The average Bonchev–Trinajstić information content (AvgIpc) is 3.62. The number of imidazole rings is 1. The molecule has 1 aromatic carbocycles. The first kappa shape index (κ1) is 33.2. The number of amides is 2. The first-order chi connectivity index (χ1) is 22.3. The van der Waals surface area contributed by atoms with Crippen molar-refractivity contribution in [3.63, 3.8) is 0 Å². The number of likely N-dealkylation sites (tertiary alicyclic amines) is 1. The summed E-state index contributed by atoms with van der Waals surface area (Å²) in [7, 11) is -4.00. The number of alkyl carbamates (subject to hydrolysis) is 1. The molecule has 0 radical (unpaired) electrons. The predicted molar refractivity (Wildman–Crippen MR) is 172 cm³/mol. The molecule has 0 aliphatic carbocycles. The van der Waals surface area contributed by atoms with Crippen molar-refractivity contribution in [3.8, 4) is 0 Å². The van der Waals surface area contributed by atoms with Gasteiger partial charge in [0, 0.05) is 38.9 Å².